The number of aromatic nitrogens is 3. The number of carbonyl (C=O) groups is 3. The smallest absolute Gasteiger partial charge is 0.342 e. The number of anilines is 2. The Morgan fingerprint density at radius 1 is 0.973 bits per heavy atom. The van der Waals surface area contributed by atoms with Crippen LogP contribution in [0.3, 0.4) is 0 Å². The maximum atomic E-state index is 15.0. The molecule has 400 valence electrons. The van der Waals surface area contributed by atoms with Crippen LogP contribution in [-0.4, -0.2) is 132 Å². The molecule has 5 aliphatic rings. The van der Waals surface area contributed by atoms with Crippen LogP contribution in [0.25, 0.3) is 33.3 Å². The molecule has 4 bridgehead atoms. The van der Waals surface area contributed by atoms with Crippen LogP contribution in [0.5, 0.6) is 17.2 Å². The van der Waals surface area contributed by atoms with E-state index >= 15 is 0 Å². The topological polar surface area (TPSA) is 292 Å². The van der Waals surface area contributed by atoms with E-state index in [1.54, 1.807) is 57.4 Å². The number of benzene rings is 3. The number of aliphatic hydroxyl groups excluding tert-OH is 2. The van der Waals surface area contributed by atoms with Gasteiger partial charge in [0.25, 0.3) is 11.7 Å². The molecule has 1 aromatic heterocycles. The number of hydrogen-bond acceptors (Lipinski definition) is 19. The molecule has 4 aliphatic heterocycles. The lowest BCUT2D eigenvalue weighted by molar-refractivity contribution is -0.392. The molecule has 0 unspecified atom stereocenters. The molecule has 3 aromatic rings. The summed E-state index contributed by atoms with van der Waals surface area (Å²) in [5.74, 6) is -7.81. The number of fused-ring (bicyclic) bond motifs is 2. The molecule has 8 rings (SSSR count). The Hall–Kier alpha value is -7.40. The quantitative estimate of drug-likeness (QED) is 0.0417. The van der Waals surface area contributed by atoms with Gasteiger partial charge in [0.05, 0.1) is 35.5 Å². The Kier molecular flexibility index (Phi) is 15.1. The van der Waals surface area contributed by atoms with Gasteiger partial charge >= 0.3 is 17.6 Å². The molecule has 5 heterocycles. The minimum Gasteiger partial charge on any atom is -0.507 e. The average molecular weight is 1040 g/mol. The normalized spacial score (nSPS) is 27.7. The number of allylic oxidation sites excluding steroid dienone is 2. The summed E-state index contributed by atoms with van der Waals surface area (Å²) in [6.45, 7) is 17.1. The number of carbonyl (C=O) groups excluding carboxylic acids is 3. The maximum Gasteiger partial charge on any atom is 0.342 e. The third-order valence-electron chi connectivity index (χ3n) is 15.0. The molecule has 1 saturated heterocycles. The summed E-state index contributed by atoms with van der Waals surface area (Å²) in [4.78, 5) is 80.6. The Bertz CT molecular complexity index is 3210. The van der Waals surface area contributed by atoms with Crippen LogP contribution in [0.4, 0.5) is 17.2 Å². The summed E-state index contributed by atoms with van der Waals surface area (Å²) < 4.78 is 32.0. The van der Waals surface area contributed by atoms with Crippen LogP contribution in [0.15, 0.2) is 63.7 Å². The number of esters is 1. The van der Waals surface area contributed by atoms with Crippen molar-refractivity contribution in [1.29, 1.82) is 0 Å². The van der Waals surface area contributed by atoms with E-state index in [1.807, 2.05) is 4.90 Å². The van der Waals surface area contributed by atoms with Crippen molar-refractivity contribution < 1.29 is 63.1 Å². The molecule has 0 radical (unpaired) electrons. The van der Waals surface area contributed by atoms with E-state index in [0.29, 0.717) is 50.8 Å². The highest BCUT2D eigenvalue weighted by Crippen LogP contribution is 2.51. The van der Waals surface area contributed by atoms with Gasteiger partial charge in [0.15, 0.2) is 17.2 Å². The number of nitrogens with one attached hydrogen (secondary N) is 1. The zero-order chi connectivity index (χ0) is 54.5. The number of phenolic OH excluding ortho intramolecular Hbond substituents is 2. The van der Waals surface area contributed by atoms with Crippen LogP contribution in [0, 0.1) is 47.6 Å². The van der Waals surface area contributed by atoms with E-state index in [0.717, 1.165) is 0 Å². The first-order chi connectivity index (χ1) is 35.5. The van der Waals surface area contributed by atoms with Gasteiger partial charge in [-0.05, 0) is 24.8 Å². The molecule has 0 saturated carbocycles. The van der Waals surface area contributed by atoms with Crippen LogP contribution in [0.1, 0.15) is 70.2 Å². The maximum absolute atomic E-state index is 15.0. The van der Waals surface area contributed by atoms with Crippen LogP contribution in [0.2, 0.25) is 0 Å². The first-order valence-corrected chi connectivity index (χ1v) is 24.7. The van der Waals surface area contributed by atoms with Gasteiger partial charge in [0.1, 0.15) is 53.0 Å². The van der Waals surface area contributed by atoms with Crippen molar-refractivity contribution in [2.45, 2.75) is 99.1 Å². The summed E-state index contributed by atoms with van der Waals surface area (Å²) in [6, 6.07) is 3.14. The van der Waals surface area contributed by atoms with Gasteiger partial charge in [-0.25, -0.2) is 14.5 Å². The summed E-state index contributed by atoms with van der Waals surface area (Å²) in [6.07, 6.45) is 4.52. The number of aromatic hydroxyl groups is 2. The van der Waals surface area contributed by atoms with E-state index in [-0.39, 0.29) is 62.0 Å². The van der Waals surface area contributed by atoms with Crippen molar-refractivity contribution in [3.05, 3.63) is 91.8 Å². The first kappa shape index (κ1) is 53.9. The highest BCUT2D eigenvalue weighted by Gasteiger charge is 2.50. The number of aliphatic hydroxyl groups is 2. The largest absolute Gasteiger partial charge is 0.507 e. The number of aryl methyl sites for hydroxylation is 1. The third-order valence-corrected chi connectivity index (χ3v) is 15.0. The molecule has 0 spiro atoms. The summed E-state index contributed by atoms with van der Waals surface area (Å²) in [7, 11) is 1.42. The van der Waals surface area contributed by atoms with E-state index in [2.05, 4.69) is 15.2 Å². The molecule has 1 fully saturated rings. The molecule has 2 aromatic carbocycles. The van der Waals surface area contributed by atoms with E-state index in [9.17, 15) is 49.7 Å². The third kappa shape index (κ3) is 10.0. The van der Waals surface area contributed by atoms with Gasteiger partial charge in [-0.2, -0.15) is 0 Å². The number of hydrogen-bond donors (Lipinski definition) is 5. The van der Waals surface area contributed by atoms with Crippen molar-refractivity contribution in [1.82, 2.24) is 19.4 Å². The predicted molar refractivity (Wildman–Crippen MR) is 275 cm³/mol. The number of Topliss-reactive ketones (excluding diaryl/α,β-unsaturated/α-hetero) is 1. The number of nitro groups is 1. The highest BCUT2D eigenvalue weighted by atomic mass is 16.7. The zero-order valence-electron chi connectivity index (χ0n) is 43.4. The lowest BCUT2D eigenvalue weighted by atomic mass is 9.78. The Balaban J connectivity index is 1.24. The van der Waals surface area contributed by atoms with E-state index in [1.165, 1.54) is 65.5 Å². The number of rotatable bonds is 7. The number of methoxy groups -OCH3 is 1. The van der Waals surface area contributed by atoms with Crippen LogP contribution < -0.4 is 20.4 Å². The van der Waals surface area contributed by atoms with E-state index in [4.69, 9.17) is 28.3 Å². The fraction of sp³-hybridized carbons (Fsp3) is 0.472. The lowest BCUT2D eigenvalue weighted by Crippen LogP contribution is -2.47. The molecule has 75 heavy (non-hydrogen) atoms. The average Bonchev–Trinajstić information content (AvgIpc) is 3.93. The lowest BCUT2D eigenvalue weighted by Gasteiger charge is -2.38. The van der Waals surface area contributed by atoms with Gasteiger partial charge in [0.2, 0.25) is 5.43 Å². The number of phenols is 2. The second-order valence-corrected chi connectivity index (χ2v) is 19.9. The Labute approximate surface area is 431 Å². The molecule has 1 aliphatic carbocycles. The number of piperazine rings is 1. The molecule has 1 amide bonds. The second-order valence-electron chi connectivity index (χ2n) is 19.9. The number of ketones is 1. The molecule has 22 heteroatoms. The Morgan fingerprint density at radius 2 is 1.68 bits per heavy atom. The second kappa shape index (κ2) is 21.1. The van der Waals surface area contributed by atoms with Crippen molar-refractivity contribution in [2.24, 2.45) is 23.7 Å². The number of ether oxygens (including phenoxy) is 4. The summed E-state index contributed by atoms with van der Waals surface area (Å²) >= 11 is 0. The van der Waals surface area contributed by atoms with Crippen molar-refractivity contribution in [2.75, 3.05) is 50.1 Å². The van der Waals surface area contributed by atoms with E-state index < -0.39 is 98.7 Å². The standard InChI is InChI=1S/C53H63N7O15/c1-25-12-11-13-26(2)52(68)56-43-47(66)39-38(42-50(43)74-36-23-33(22-34(62)41(36)55-42)58-18-15-57(16-19-58)17-20-59-31(7)54-24-37(59)60(69)70)40-49(30(6)46(39)65)75-53(9,51(40)67)72-21-14-35(71-10)27(3)48(73-32(8)61)29(5)45(64)28(4)44(25)63/h11-14,21-25,27-29,35,44-45,48,62-65H,15-20H2,1-10H3,(H,56,68)/b12-11+,21-14+,26-13-/t25-,27+,28+,29+,35-,44-,45+,48+,53-/m0/s1. The SMILES string of the molecule is CO[C@H]1/C=C/O[C@@]2(C)Oc3c(C)c(O)c4c(=O)c(c5oc6cc(N7CCN(CCn8c([N+](=O)[O-])cnc8C)CC7)cc(O)c6nc-5c4c3C2=O)NC(=O)/C(C)=C\C=C\[C@H](C)[C@H](O)[C@@H](C)[C@@H](O)[C@@H](C)[C@H](OC(C)=O)[C@@H]1C. The van der Waals surface area contributed by atoms with Gasteiger partial charge in [-0.15, -0.1) is 0 Å². The number of nitrogens with zero attached hydrogens (tertiary/aromatic N) is 6. The minimum atomic E-state index is -2.12. The molecule has 22 nitrogen and oxygen atoms in total. The fourth-order valence-corrected chi connectivity index (χ4v) is 10.4. The van der Waals surface area contributed by atoms with Crippen molar-refractivity contribution in [3.63, 3.8) is 0 Å². The van der Waals surface area contributed by atoms with Gasteiger partial charge in [-0.3, -0.25) is 24.1 Å². The minimum absolute atomic E-state index is 0.00298. The summed E-state index contributed by atoms with van der Waals surface area (Å²) in [5.41, 5.74) is -1.15. The number of amides is 1. The Morgan fingerprint density at radius 3 is 2.35 bits per heavy atom. The van der Waals surface area contributed by atoms with Crippen molar-refractivity contribution in [3.8, 4) is 28.7 Å². The highest BCUT2D eigenvalue weighted by molar-refractivity contribution is 6.22. The zero-order valence-corrected chi connectivity index (χ0v) is 43.4. The molecular weight excluding hydrogens is 975 g/mol. The summed E-state index contributed by atoms with van der Waals surface area (Å²) in [5, 5.41) is 60.4. The monoisotopic (exact) mass is 1040 g/mol. The molecule has 5 N–H and O–H groups in total. The van der Waals surface area contributed by atoms with Gasteiger partial charge in [-0.1, -0.05) is 45.9 Å². The van der Waals surface area contributed by atoms with Crippen LogP contribution in [-0.2, 0) is 30.3 Å². The number of imidazole rings is 1. The van der Waals surface area contributed by atoms with Crippen molar-refractivity contribution >= 4 is 56.7 Å². The van der Waals surface area contributed by atoms with Crippen LogP contribution >= 0.6 is 0 Å². The van der Waals surface area contributed by atoms with Gasteiger partial charge < -0.3 is 64.1 Å². The first-order valence-electron chi connectivity index (χ1n) is 24.7. The predicted octanol–water partition coefficient (Wildman–Crippen LogP) is 5.89. The molecular formula is C53H63N7O15. The van der Waals surface area contributed by atoms with Gasteiger partial charge in [0, 0.05) is 119 Å². The molecule has 9 atom stereocenters. The fourth-order valence-electron chi connectivity index (χ4n) is 10.4.